The highest BCUT2D eigenvalue weighted by Crippen LogP contribution is 2.26. The maximum absolute atomic E-state index is 12.2. The zero-order valence-electron chi connectivity index (χ0n) is 10.7. The van der Waals surface area contributed by atoms with Gasteiger partial charge in [-0.2, -0.15) is 0 Å². The highest BCUT2D eigenvalue weighted by molar-refractivity contribution is 5.78. The van der Waals surface area contributed by atoms with Crippen LogP contribution in [0.25, 0.3) is 0 Å². The van der Waals surface area contributed by atoms with Crippen LogP contribution in [0.4, 0.5) is 0 Å². The lowest BCUT2D eigenvalue weighted by Crippen LogP contribution is -2.50. The number of carbonyl (C=O) groups is 1. The molecule has 0 radical (unpaired) electrons. The van der Waals surface area contributed by atoms with Crippen LogP contribution in [0.5, 0.6) is 0 Å². The maximum Gasteiger partial charge on any atom is 0.225 e. The average molecular weight is 224 g/mol. The summed E-state index contributed by atoms with van der Waals surface area (Å²) < 4.78 is 0. The van der Waals surface area contributed by atoms with Crippen molar-refractivity contribution in [1.82, 2.24) is 10.2 Å². The molecule has 1 N–H and O–H groups in total. The Morgan fingerprint density at radius 2 is 2.06 bits per heavy atom. The van der Waals surface area contributed by atoms with E-state index in [1.54, 1.807) is 0 Å². The molecule has 0 spiro atoms. The first kappa shape index (κ1) is 11.9. The van der Waals surface area contributed by atoms with E-state index >= 15 is 0 Å². The lowest BCUT2D eigenvalue weighted by Gasteiger charge is -2.36. The normalized spacial score (nSPS) is 31.6. The number of piperidine rings is 1. The predicted octanol–water partition coefficient (Wildman–Crippen LogP) is 1.49. The molecular formula is C13H24N2O. The van der Waals surface area contributed by atoms with Crippen molar-refractivity contribution in [3.63, 3.8) is 0 Å². The molecule has 1 amide bonds. The largest absolute Gasteiger partial charge is 0.341 e. The molecule has 2 fully saturated rings. The summed E-state index contributed by atoms with van der Waals surface area (Å²) in [7, 11) is 0. The molecule has 2 aliphatic heterocycles. The van der Waals surface area contributed by atoms with Crippen molar-refractivity contribution in [2.45, 2.75) is 39.7 Å². The predicted molar refractivity (Wildman–Crippen MR) is 65.1 cm³/mol. The smallest absolute Gasteiger partial charge is 0.225 e. The summed E-state index contributed by atoms with van der Waals surface area (Å²) in [5.41, 5.74) is 0. The van der Waals surface area contributed by atoms with Gasteiger partial charge in [0, 0.05) is 25.0 Å². The van der Waals surface area contributed by atoms with E-state index in [2.05, 4.69) is 31.0 Å². The minimum Gasteiger partial charge on any atom is -0.341 e. The second kappa shape index (κ2) is 4.74. The van der Waals surface area contributed by atoms with E-state index in [0.29, 0.717) is 17.9 Å². The van der Waals surface area contributed by atoms with E-state index in [-0.39, 0.29) is 5.92 Å². The fraction of sp³-hybridized carbons (Fsp3) is 0.923. The van der Waals surface area contributed by atoms with Gasteiger partial charge in [-0.1, -0.05) is 20.8 Å². The number of nitrogens with one attached hydrogen (secondary N) is 1. The Balaban J connectivity index is 1.93. The Morgan fingerprint density at radius 1 is 1.31 bits per heavy atom. The van der Waals surface area contributed by atoms with E-state index in [1.165, 1.54) is 12.8 Å². The zero-order valence-corrected chi connectivity index (χ0v) is 10.7. The first-order valence-corrected chi connectivity index (χ1v) is 6.61. The highest BCUT2D eigenvalue weighted by Gasteiger charge is 2.35. The van der Waals surface area contributed by atoms with E-state index in [4.69, 9.17) is 0 Å². The van der Waals surface area contributed by atoms with Crippen molar-refractivity contribution >= 4 is 5.91 Å². The molecule has 2 heterocycles. The summed E-state index contributed by atoms with van der Waals surface area (Å²) >= 11 is 0. The summed E-state index contributed by atoms with van der Waals surface area (Å²) in [6.07, 6.45) is 2.49. The molecule has 0 aromatic rings. The van der Waals surface area contributed by atoms with Crippen LogP contribution in [-0.4, -0.2) is 36.5 Å². The van der Waals surface area contributed by atoms with Crippen LogP contribution in [0.3, 0.4) is 0 Å². The molecule has 2 rings (SSSR count). The van der Waals surface area contributed by atoms with Crippen molar-refractivity contribution < 1.29 is 4.79 Å². The molecule has 0 aromatic carbocycles. The Labute approximate surface area is 98.6 Å². The fourth-order valence-corrected chi connectivity index (χ4v) is 2.80. The van der Waals surface area contributed by atoms with Gasteiger partial charge in [0.2, 0.25) is 5.91 Å². The van der Waals surface area contributed by atoms with E-state index in [0.717, 1.165) is 25.6 Å². The maximum atomic E-state index is 12.2. The van der Waals surface area contributed by atoms with Crippen LogP contribution < -0.4 is 5.32 Å². The van der Waals surface area contributed by atoms with Gasteiger partial charge in [0.1, 0.15) is 0 Å². The Bertz CT molecular complexity index is 265. The number of fused-ring (bicyclic) bond motifs is 1. The molecule has 2 aliphatic rings. The van der Waals surface area contributed by atoms with Crippen molar-refractivity contribution in [2.24, 2.45) is 17.8 Å². The van der Waals surface area contributed by atoms with Gasteiger partial charge in [-0.3, -0.25) is 4.79 Å². The van der Waals surface area contributed by atoms with Gasteiger partial charge in [0.15, 0.2) is 0 Å². The number of nitrogens with zero attached hydrogens (tertiary/aromatic N) is 1. The molecule has 3 atom stereocenters. The summed E-state index contributed by atoms with van der Waals surface area (Å²) in [5.74, 6) is 1.78. The second-order valence-electron chi connectivity index (χ2n) is 5.71. The van der Waals surface area contributed by atoms with Crippen LogP contribution >= 0.6 is 0 Å². The van der Waals surface area contributed by atoms with Gasteiger partial charge in [-0.25, -0.2) is 0 Å². The molecule has 1 unspecified atom stereocenters. The van der Waals surface area contributed by atoms with E-state index < -0.39 is 0 Å². The van der Waals surface area contributed by atoms with E-state index in [9.17, 15) is 4.79 Å². The quantitative estimate of drug-likeness (QED) is 0.770. The summed E-state index contributed by atoms with van der Waals surface area (Å²) in [6, 6.07) is 0.567. The summed E-state index contributed by atoms with van der Waals surface area (Å²) in [4.78, 5) is 14.3. The lowest BCUT2D eigenvalue weighted by atomic mass is 9.90. The zero-order chi connectivity index (χ0) is 11.7. The number of rotatable bonds is 2. The third kappa shape index (κ3) is 2.24. The highest BCUT2D eigenvalue weighted by atomic mass is 16.2. The molecule has 0 aromatic heterocycles. The number of amides is 1. The number of carbonyl (C=O) groups excluding carboxylic acids is 1. The Morgan fingerprint density at radius 3 is 2.75 bits per heavy atom. The van der Waals surface area contributed by atoms with Crippen LogP contribution in [0, 0.1) is 17.8 Å². The number of hydrogen-bond donors (Lipinski definition) is 1. The van der Waals surface area contributed by atoms with Crippen LogP contribution in [0.1, 0.15) is 33.6 Å². The molecular weight excluding hydrogens is 200 g/mol. The van der Waals surface area contributed by atoms with Gasteiger partial charge in [0.25, 0.3) is 0 Å². The Kier molecular flexibility index (Phi) is 3.53. The van der Waals surface area contributed by atoms with Crippen LogP contribution in [0.15, 0.2) is 0 Å². The van der Waals surface area contributed by atoms with Crippen molar-refractivity contribution in [1.29, 1.82) is 0 Å². The first-order chi connectivity index (χ1) is 7.59. The summed E-state index contributed by atoms with van der Waals surface area (Å²) in [5, 5.41) is 3.52. The van der Waals surface area contributed by atoms with Gasteiger partial charge in [-0.15, -0.1) is 0 Å². The number of likely N-dealkylation sites (tertiary alicyclic amines) is 1. The molecule has 0 bridgehead atoms. The third-order valence-electron chi connectivity index (χ3n) is 4.38. The SMILES string of the molecule is CC(C)C(C)C(=O)N1CC[C@@H]2CCN[C@@H]2C1. The topological polar surface area (TPSA) is 32.3 Å². The number of hydrogen-bond acceptors (Lipinski definition) is 2. The molecule has 0 saturated carbocycles. The summed E-state index contributed by atoms with van der Waals surface area (Å²) in [6.45, 7) is 9.35. The minimum absolute atomic E-state index is 0.165. The van der Waals surface area contributed by atoms with E-state index in [1.807, 2.05) is 0 Å². The monoisotopic (exact) mass is 224 g/mol. The van der Waals surface area contributed by atoms with Gasteiger partial charge < -0.3 is 10.2 Å². The molecule has 3 heteroatoms. The Hall–Kier alpha value is -0.570. The lowest BCUT2D eigenvalue weighted by molar-refractivity contribution is -0.138. The fourth-order valence-electron chi connectivity index (χ4n) is 2.80. The van der Waals surface area contributed by atoms with Crippen molar-refractivity contribution in [2.75, 3.05) is 19.6 Å². The minimum atomic E-state index is 0.165. The molecule has 3 nitrogen and oxygen atoms in total. The second-order valence-corrected chi connectivity index (χ2v) is 5.71. The molecule has 92 valence electrons. The van der Waals surface area contributed by atoms with Crippen molar-refractivity contribution in [3.8, 4) is 0 Å². The van der Waals surface area contributed by atoms with Crippen molar-refractivity contribution in [3.05, 3.63) is 0 Å². The van der Waals surface area contributed by atoms with Crippen LogP contribution in [0.2, 0.25) is 0 Å². The van der Waals surface area contributed by atoms with Gasteiger partial charge in [-0.05, 0) is 31.2 Å². The van der Waals surface area contributed by atoms with Gasteiger partial charge >= 0.3 is 0 Å². The van der Waals surface area contributed by atoms with Crippen LogP contribution in [-0.2, 0) is 4.79 Å². The first-order valence-electron chi connectivity index (χ1n) is 6.61. The average Bonchev–Trinajstić information content (AvgIpc) is 2.73. The molecule has 16 heavy (non-hydrogen) atoms. The molecule has 2 saturated heterocycles. The standard InChI is InChI=1S/C13H24N2O/c1-9(2)10(3)13(16)15-7-5-11-4-6-14-12(11)8-15/h9-12,14H,4-8H2,1-3H3/t10?,11-,12+/m0/s1. The third-order valence-corrected chi connectivity index (χ3v) is 4.38. The molecule has 0 aliphatic carbocycles. The van der Waals surface area contributed by atoms with Gasteiger partial charge in [0.05, 0.1) is 0 Å².